The molecule has 0 saturated carbocycles. The van der Waals surface area contributed by atoms with E-state index in [1.807, 2.05) is 26.0 Å². The Morgan fingerprint density at radius 3 is 2.50 bits per heavy atom. The second kappa shape index (κ2) is 7.01. The molecule has 1 heterocycles. The lowest BCUT2D eigenvalue weighted by molar-refractivity contribution is -0.147. The van der Waals surface area contributed by atoms with Gasteiger partial charge in [0.2, 0.25) is 0 Å². The van der Waals surface area contributed by atoms with Crippen molar-refractivity contribution in [2.24, 2.45) is 0 Å². The lowest BCUT2D eigenvalue weighted by Crippen LogP contribution is -2.18. The number of carbonyl (C=O) groups excluding carboxylic acids is 2. The molecule has 0 fully saturated rings. The average Bonchev–Trinajstić information content (AvgIpc) is 2.51. The number of halogens is 1. The summed E-state index contributed by atoms with van der Waals surface area (Å²) in [6.45, 7) is 8.83. The van der Waals surface area contributed by atoms with Crippen LogP contribution in [0.2, 0.25) is 5.15 Å². The number of hydrogen-bond acceptors (Lipinski definition) is 5. The molecule has 0 aliphatic rings. The lowest BCUT2D eigenvalue weighted by Gasteiger charge is -2.20. The van der Waals surface area contributed by atoms with E-state index in [2.05, 4.69) is 16.3 Å². The maximum atomic E-state index is 11.8. The Bertz CT molecular complexity index is 845. The van der Waals surface area contributed by atoms with Gasteiger partial charge in [-0.1, -0.05) is 29.8 Å². The van der Waals surface area contributed by atoms with Crippen molar-refractivity contribution in [1.29, 1.82) is 0 Å². The van der Waals surface area contributed by atoms with Crippen molar-refractivity contribution in [2.45, 2.75) is 26.9 Å². The van der Waals surface area contributed by atoms with Crippen LogP contribution in [0.5, 0.6) is 0 Å². The van der Waals surface area contributed by atoms with Crippen molar-refractivity contribution in [2.75, 3.05) is 7.11 Å². The van der Waals surface area contributed by atoms with E-state index in [0.29, 0.717) is 5.56 Å². The van der Waals surface area contributed by atoms with Gasteiger partial charge in [0, 0.05) is 17.9 Å². The summed E-state index contributed by atoms with van der Waals surface area (Å²) in [6.07, 6.45) is -1.06. The van der Waals surface area contributed by atoms with Crippen LogP contribution in [-0.2, 0) is 19.1 Å². The van der Waals surface area contributed by atoms with Crippen LogP contribution in [-0.4, -0.2) is 24.0 Å². The first kappa shape index (κ1) is 17.9. The van der Waals surface area contributed by atoms with Crippen molar-refractivity contribution >= 4 is 34.4 Å². The van der Waals surface area contributed by atoms with Gasteiger partial charge in [-0.15, -0.1) is 0 Å². The van der Waals surface area contributed by atoms with Gasteiger partial charge in [0.05, 0.1) is 18.2 Å². The highest BCUT2D eigenvalue weighted by Gasteiger charge is 2.27. The van der Waals surface area contributed by atoms with Gasteiger partial charge in [-0.2, -0.15) is 0 Å². The number of rotatable bonds is 4. The Hall–Kier alpha value is -2.40. The van der Waals surface area contributed by atoms with E-state index in [9.17, 15) is 9.59 Å². The third kappa shape index (κ3) is 3.57. The molecular weight excluding hydrogens is 330 g/mol. The fourth-order valence-electron chi connectivity index (χ4n) is 2.56. The van der Waals surface area contributed by atoms with Crippen LogP contribution < -0.4 is 0 Å². The van der Waals surface area contributed by atoms with Crippen molar-refractivity contribution in [3.8, 4) is 0 Å². The summed E-state index contributed by atoms with van der Waals surface area (Å²) in [5.74, 6) is -1.25. The van der Waals surface area contributed by atoms with Crippen molar-refractivity contribution < 1.29 is 19.1 Å². The van der Waals surface area contributed by atoms with Gasteiger partial charge in [0.25, 0.3) is 0 Å². The average molecular weight is 348 g/mol. The second-order valence-corrected chi connectivity index (χ2v) is 5.89. The van der Waals surface area contributed by atoms with E-state index in [1.54, 1.807) is 6.07 Å². The largest absolute Gasteiger partial charge is 0.466 e. The molecule has 0 radical (unpaired) electrons. The number of nitrogens with zero attached hydrogens (tertiary/aromatic N) is 1. The molecule has 1 atom stereocenters. The SMILES string of the molecule is C=C(C(=O)OC)C(OC(C)=O)c1cc2cc(C)cc(C)c2nc1Cl. The second-order valence-electron chi connectivity index (χ2n) is 5.53. The highest BCUT2D eigenvalue weighted by Crippen LogP contribution is 2.33. The molecule has 1 aromatic heterocycles. The molecule has 2 aromatic rings. The number of methoxy groups -OCH3 is 1. The molecule has 1 unspecified atom stereocenters. The molecule has 2 rings (SSSR count). The Labute approximate surface area is 145 Å². The summed E-state index contributed by atoms with van der Waals surface area (Å²) < 4.78 is 9.92. The highest BCUT2D eigenvalue weighted by atomic mass is 35.5. The van der Waals surface area contributed by atoms with Crippen LogP contribution in [0.3, 0.4) is 0 Å². The maximum Gasteiger partial charge on any atom is 0.337 e. The molecule has 24 heavy (non-hydrogen) atoms. The van der Waals surface area contributed by atoms with Crippen molar-refractivity contribution in [1.82, 2.24) is 4.98 Å². The Morgan fingerprint density at radius 1 is 1.25 bits per heavy atom. The third-order valence-electron chi connectivity index (χ3n) is 3.56. The summed E-state index contributed by atoms with van der Waals surface area (Å²) in [5.41, 5.74) is 3.15. The summed E-state index contributed by atoms with van der Waals surface area (Å²) in [5, 5.41) is 0.979. The number of ether oxygens (including phenoxy) is 2. The fourth-order valence-corrected chi connectivity index (χ4v) is 2.79. The quantitative estimate of drug-likeness (QED) is 0.477. The normalized spacial score (nSPS) is 11.9. The van der Waals surface area contributed by atoms with Crippen LogP contribution in [0, 0.1) is 13.8 Å². The van der Waals surface area contributed by atoms with Crippen LogP contribution in [0.4, 0.5) is 0 Å². The van der Waals surface area contributed by atoms with Crippen molar-refractivity contribution in [3.63, 3.8) is 0 Å². The van der Waals surface area contributed by atoms with E-state index in [4.69, 9.17) is 16.3 Å². The van der Waals surface area contributed by atoms with Gasteiger partial charge in [-0.05, 0) is 31.5 Å². The first-order valence-corrected chi connectivity index (χ1v) is 7.64. The molecule has 0 spiro atoms. The van der Waals surface area contributed by atoms with Crippen LogP contribution in [0.15, 0.2) is 30.4 Å². The topological polar surface area (TPSA) is 65.5 Å². The molecule has 0 amide bonds. The third-order valence-corrected chi connectivity index (χ3v) is 3.87. The van der Waals surface area contributed by atoms with Crippen LogP contribution in [0.25, 0.3) is 10.9 Å². The Balaban J connectivity index is 2.64. The van der Waals surface area contributed by atoms with Gasteiger partial charge in [0.15, 0.2) is 6.10 Å². The van der Waals surface area contributed by atoms with E-state index >= 15 is 0 Å². The molecule has 0 N–H and O–H groups in total. The van der Waals surface area contributed by atoms with Gasteiger partial charge >= 0.3 is 11.9 Å². The monoisotopic (exact) mass is 347 g/mol. The minimum atomic E-state index is -1.06. The standard InChI is InChI=1S/C18H18ClNO4/c1-9-6-10(2)15-13(7-9)8-14(17(19)20-15)16(24-12(4)21)11(3)18(22)23-5/h6-8,16H,3H2,1-2,4-5H3. The summed E-state index contributed by atoms with van der Waals surface area (Å²) >= 11 is 6.29. The van der Waals surface area contributed by atoms with Crippen LogP contribution >= 0.6 is 11.6 Å². The van der Waals surface area contributed by atoms with Gasteiger partial charge in [0.1, 0.15) is 5.15 Å². The number of carbonyl (C=O) groups is 2. The molecular formula is C18H18ClNO4. The fraction of sp³-hybridized carbons (Fsp3) is 0.278. The molecule has 126 valence electrons. The zero-order valence-electron chi connectivity index (χ0n) is 14.0. The predicted molar refractivity (Wildman–Crippen MR) is 91.9 cm³/mol. The smallest absolute Gasteiger partial charge is 0.337 e. The molecule has 0 saturated heterocycles. The van der Waals surface area contributed by atoms with E-state index in [0.717, 1.165) is 22.0 Å². The molecule has 6 heteroatoms. The van der Waals surface area contributed by atoms with Crippen LogP contribution in [0.1, 0.15) is 29.7 Å². The number of hydrogen-bond donors (Lipinski definition) is 0. The summed E-state index contributed by atoms with van der Waals surface area (Å²) in [4.78, 5) is 27.7. The first-order chi connectivity index (χ1) is 11.2. The zero-order chi connectivity index (χ0) is 18.0. The highest BCUT2D eigenvalue weighted by molar-refractivity contribution is 6.30. The molecule has 0 bridgehead atoms. The van der Waals surface area contributed by atoms with E-state index in [1.165, 1.54) is 14.0 Å². The van der Waals surface area contributed by atoms with E-state index < -0.39 is 18.0 Å². The first-order valence-electron chi connectivity index (χ1n) is 7.26. The number of esters is 2. The number of aryl methyl sites for hydroxylation is 2. The maximum absolute atomic E-state index is 11.8. The number of fused-ring (bicyclic) bond motifs is 1. The van der Waals surface area contributed by atoms with Gasteiger partial charge in [-0.3, -0.25) is 4.79 Å². The number of pyridine rings is 1. The Morgan fingerprint density at radius 2 is 1.92 bits per heavy atom. The van der Waals surface area contributed by atoms with Gasteiger partial charge in [-0.25, -0.2) is 9.78 Å². The molecule has 5 nitrogen and oxygen atoms in total. The predicted octanol–water partition coefficient (Wildman–Crippen LogP) is 3.84. The van der Waals surface area contributed by atoms with Crippen molar-refractivity contribution in [3.05, 3.63) is 52.2 Å². The number of benzene rings is 1. The minimum absolute atomic E-state index is 0.0277. The molecule has 0 aliphatic carbocycles. The summed E-state index contributed by atoms with van der Waals surface area (Å²) in [6, 6.07) is 5.70. The zero-order valence-corrected chi connectivity index (χ0v) is 14.7. The Kier molecular flexibility index (Phi) is 5.24. The summed E-state index contributed by atoms with van der Waals surface area (Å²) in [7, 11) is 1.23. The lowest BCUT2D eigenvalue weighted by atomic mass is 10.00. The molecule has 1 aromatic carbocycles. The van der Waals surface area contributed by atoms with Gasteiger partial charge < -0.3 is 9.47 Å². The molecule has 0 aliphatic heterocycles. The minimum Gasteiger partial charge on any atom is -0.466 e. The number of aromatic nitrogens is 1. The van der Waals surface area contributed by atoms with E-state index in [-0.39, 0.29) is 10.7 Å².